The van der Waals surface area contributed by atoms with Crippen LogP contribution in [-0.2, 0) is 0 Å². The van der Waals surface area contributed by atoms with Crippen molar-refractivity contribution in [3.8, 4) is 0 Å². The first-order valence-electron chi connectivity index (χ1n) is 2.63. The van der Waals surface area contributed by atoms with Crippen LogP contribution in [0.2, 0.25) is 0 Å². The van der Waals surface area contributed by atoms with Gasteiger partial charge in [-0.3, -0.25) is 4.79 Å². The second kappa shape index (κ2) is 2.31. The Bertz CT molecular complexity index is 233. The summed E-state index contributed by atoms with van der Waals surface area (Å²) in [5.41, 5.74) is 0.921. The molecule has 0 radical (unpaired) electrons. The van der Waals surface area contributed by atoms with E-state index in [-0.39, 0.29) is 5.78 Å². The van der Waals surface area contributed by atoms with E-state index in [1.165, 1.54) is 18.3 Å². The van der Waals surface area contributed by atoms with Gasteiger partial charge in [-0.1, -0.05) is 0 Å². The average Bonchev–Trinajstić information content (AvgIpc) is 2.14. The van der Waals surface area contributed by atoms with Crippen molar-refractivity contribution in [3.63, 3.8) is 0 Å². The van der Waals surface area contributed by atoms with E-state index >= 15 is 0 Å². The van der Waals surface area contributed by atoms with E-state index < -0.39 is 0 Å². The lowest BCUT2D eigenvalue weighted by atomic mass is 10.1. The molecule has 0 unspecified atom stereocenters. The van der Waals surface area contributed by atoms with Crippen LogP contribution in [0.5, 0.6) is 0 Å². The highest BCUT2D eigenvalue weighted by Gasteiger charge is 2.01. The van der Waals surface area contributed by atoms with Crippen LogP contribution in [0, 0.1) is 0 Å². The van der Waals surface area contributed by atoms with E-state index in [4.69, 9.17) is 0 Å². The minimum Gasteiger partial charge on any atom is -0.292 e. The maximum atomic E-state index is 10.6. The van der Waals surface area contributed by atoms with Gasteiger partial charge in [0.15, 0.2) is 18.6 Å². The van der Waals surface area contributed by atoms with Crippen molar-refractivity contribution in [2.45, 2.75) is 6.92 Å². The first kappa shape index (κ1) is 6.48. The maximum Gasteiger partial charge on any atom is 0.188 e. The van der Waals surface area contributed by atoms with Gasteiger partial charge in [0.05, 0.1) is 0 Å². The zero-order chi connectivity index (χ0) is 6.85. The summed E-state index contributed by atoms with van der Waals surface area (Å²) in [4.78, 5) is 14.6. The van der Waals surface area contributed by atoms with E-state index in [1.54, 1.807) is 0 Å². The normalized spacial score (nSPS) is 9.44. The summed E-state index contributed by atoms with van der Waals surface area (Å²) >= 11 is 1.40. The van der Waals surface area contributed by atoms with Gasteiger partial charge in [-0.15, -0.1) is 11.3 Å². The fourth-order valence-electron chi connectivity index (χ4n) is 0.516. The molecule has 9 heavy (non-hydrogen) atoms. The number of ketones is 1. The van der Waals surface area contributed by atoms with Crippen molar-refractivity contribution < 1.29 is 4.79 Å². The van der Waals surface area contributed by atoms with E-state index in [2.05, 4.69) is 4.98 Å². The number of carbonyl (C=O) groups is 1. The van der Waals surface area contributed by atoms with Crippen LogP contribution in [0.1, 0.15) is 16.7 Å². The van der Waals surface area contributed by atoms with Crippen molar-refractivity contribution in [1.82, 2.24) is 4.98 Å². The Balaban J connectivity index is 2.98. The van der Waals surface area contributed by atoms with Crippen LogP contribution in [0.15, 0.2) is 5.38 Å². The second-order valence-electron chi connectivity index (χ2n) is 1.85. The van der Waals surface area contributed by atoms with Gasteiger partial charge in [0.1, 0.15) is 0 Å². The minimum absolute atomic E-state index is 0.0492. The third-order valence-electron chi connectivity index (χ3n) is 0.920. The summed E-state index contributed by atoms with van der Waals surface area (Å²) in [5, 5.41) is 2.48. The van der Waals surface area contributed by atoms with E-state index in [1.807, 2.05) is 13.2 Å². The molecular formula is C5H6BNOS. The molecule has 0 N–H and O–H groups in total. The highest BCUT2D eigenvalue weighted by atomic mass is 32.1. The number of carbonyl (C=O) groups excluding carboxylic acids is 1. The molecule has 0 atom stereocenters. The largest absolute Gasteiger partial charge is 0.292 e. The van der Waals surface area contributed by atoms with Crippen LogP contribution in [-0.4, -0.2) is 18.6 Å². The van der Waals surface area contributed by atoms with Gasteiger partial charge in [-0.2, -0.15) is 0 Å². The van der Waals surface area contributed by atoms with E-state index in [0.717, 1.165) is 5.59 Å². The number of hydrogen-bond donors (Lipinski definition) is 0. The predicted molar refractivity (Wildman–Crippen MR) is 40.3 cm³/mol. The number of aromatic nitrogens is 1. The Labute approximate surface area is 58.3 Å². The minimum atomic E-state index is 0.0492. The molecular weight excluding hydrogens is 133 g/mol. The second-order valence-corrected chi connectivity index (χ2v) is 2.71. The Kier molecular flexibility index (Phi) is 1.66. The molecule has 1 aromatic rings. The van der Waals surface area contributed by atoms with Gasteiger partial charge in [-0.05, 0) is 0 Å². The van der Waals surface area contributed by atoms with Gasteiger partial charge < -0.3 is 0 Å². The molecule has 1 rings (SSSR count). The summed E-state index contributed by atoms with van der Waals surface area (Å²) < 4.78 is 0. The SMILES string of the molecule is Bc1csc(C(C)=O)n1. The lowest BCUT2D eigenvalue weighted by Gasteiger charge is -1.80. The Hall–Kier alpha value is -0.635. The van der Waals surface area contributed by atoms with Crippen molar-refractivity contribution >= 4 is 30.6 Å². The average molecular weight is 139 g/mol. The fourth-order valence-corrected chi connectivity index (χ4v) is 1.21. The number of nitrogens with zero attached hydrogens (tertiary/aromatic N) is 1. The summed E-state index contributed by atoms with van der Waals surface area (Å²) in [5.74, 6) is 0.0492. The summed E-state index contributed by atoms with van der Waals surface area (Å²) in [6, 6.07) is 0. The molecule has 46 valence electrons. The Morgan fingerprint density at radius 3 is 2.78 bits per heavy atom. The first-order valence-corrected chi connectivity index (χ1v) is 3.51. The molecule has 0 amide bonds. The highest BCUT2D eigenvalue weighted by Crippen LogP contribution is 2.01. The highest BCUT2D eigenvalue weighted by molar-refractivity contribution is 7.12. The van der Waals surface area contributed by atoms with E-state index in [0.29, 0.717) is 5.01 Å². The Morgan fingerprint density at radius 1 is 1.89 bits per heavy atom. The molecule has 0 saturated heterocycles. The van der Waals surface area contributed by atoms with Crippen LogP contribution in [0.4, 0.5) is 0 Å². The van der Waals surface area contributed by atoms with Crippen LogP contribution >= 0.6 is 11.3 Å². The third kappa shape index (κ3) is 1.39. The first-order chi connectivity index (χ1) is 4.20. The zero-order valence-corrected chi connectivity index (χ0v) is 6.16. The lowest BCUT2D eigenvalue weighted by molar-refractivity contribution is 0.101. The topological polar surface area (TPSA) is 30.0 Å². The van der Waals surface area contributed by atoms with Crippen molar-refractivity contribution in [2.75, 3.05) is 0 Å². The van der Waals surface area contributed by atoms with Crippen LogP contribution < -0.4 is 5.59 Å². The molecule has 1 heterocycles. The molecule has 0 spiro atoms. The van der Waals surface area contributed by atoms with Gasteiger partial charge in [-0.25, -0.2) is 4.98 Å². The smallest absolute Gasteiger partial charge is 0.188 e. The molecule has 4 heteroatoms. The lowest BCUT2D eigenvalue weighted by Crippen LogP contribution is -2.03. The van der Waals surface area contributed by atoms with Crippen molar-refractivity contribution in [3.05, 3.63) is 10.4 Å². The van der Waals surface area contributed by atoms with Gasteiger partial charge in [0.25, 0.3) is 0 Å². The van der Waals surface area contributed by atoms with Crippen LogP contribution in [0.3, 0.4) is 0 Å². The number of Topliss-reactive ketones (excluding diaryl/α,β-unsaturated/α-hetero) is 1. The summed E-state index contributed by atoms with van der Waals surface area (Å²) in [6.07, 6.45) is 0. The van der Waals surface area contributed by atoms with Gasteiger partial charge in [0.2, 0.25) is 0 Å². The van der Waals surface area contributed by atoms with Gasteiger partial charge in [0, 0.05) is 17.9 Å². The van der Waals surface area contributed by atoms with Crippen molar-refractivity contribution in [2.24, 2.45) is 0 Å². The molecule has 0 aliphatic rings. The number of rotatable bonds is 1. The fraction of sp³-hybridized carbons (Fsp3) is 0.200. The van der Waals surface area contributed by atoms with Crippen LogP contribution in [0.25, 0.3) is 0 Å². The summed E-state index contributed by atoms with van der Waals surface area (Å²) in [6.45, 7) is 1.53. The molecule has 0 aliphatic carbocycles. The Morgan fingerprint density at radius 2 is 2.56 bits per heavy atom. The molecule has 2 nitrogen and oxygen atoms in total. The van der Waals surface area contributed by atoms with Gasteiger partial charge >= 0.3 is 0 Å². The third-order valence-corrected chi connectivity index (χ3v) is 1.98. The monoisotopic (exact) mass is 139 g/mol. The molecule has 0 aliphatic heterocycles. The molecule has 0 fully saturated rings. The number of thiazole rings is 1. The molecule has 0 saturated carbocycles. The molecule has 0 bridgehead atoms. The zero-order valence-electron chi connectivity index (χ0n) is 5.34. The number of hydrogen-bond acceptors (Lipinski definition) is 3. The summed E-state index contributed by atoms with van der Waals surface area (Å²) in [7, 11) is 1.88. The van der Waals surface area contributed by atoms with Crippen molar-refractivity contribution in [1.29, 1.82) is 0 Å². The van der Waals surface area contributed by atoms with E-state index in [9.17, 15) is 4.79 Å². The maximum absolute atomic E-state index is 10.6. The quantitative estimate of drug-likeness (QED) is 0.391. The molecule has 0 aromatic carbocycles. The predicted octanol–water partition coefficient (Wildman–Crippen LogP) is -0.396. The standard InChI is InChI=1S/C5H6BNOS/c1-3(8)5-7-4(6)2-9-5/h2H,6H2,1H3. The molecule has 1 aromatic heterocycles.